The molecule has 0 spiro atoms. The number of anilines is 3. The second kappa shape index (κ2) is 7.39. The molecule has 2 atom stereocenters. The maximum atomic E-state index is 11.5. The molecule has 2 aliphatic heterocycles. The average molecular weight is 383 g/mol. The van der Waals surface area contributed by atoms with E-state index in [0.29, 0.717) is 30.2 Å². The number of carbonyl (C=O) groups excluding carboxylic acids is 1. The van der Waals surface area contributed by atoms with Crippen molar-refractivity contribution in [2.45, 2.75) is 25.4 Å². The normalized spacial score (nSPS) is 18.2. The van der Waals surface area contributed by atoms with Crippen LogP contribution in [-0.4, -0.2) is 63.2 Å². The monoisotopic (exact) mass is 383 g/mol. The van der Waals surface area contributed by atoms with Gasteiger partial charge in [-0.2, -0.15) is 0 Å². The van der Waals surface area contributed by atoms with Crippen LogP contribution in [0.5, 0.6) is 0 Å². The van der Waals surface area contributed by atoms with E-state index in [1.807, 2.05) is 11.1 Å². The van der Waals surface area contributed by atoms with Gasteiger partial charge in [0.05, 0.1) is 30.5 Å². The van der Waals surface area contributed by atoms with Gasteiger partial charge in [0.25, 0.3) is 0 Å². The molecule has 2 aliphatic rings. The molecule has 0 radical (unpaired) electrons. The summed E-state index contributed by atoms with van der Waals surface area (Å²) in [5.41, 5.74) is 7.12. The minimum Gasteiger partial charge on any atom is -0.497 e. The van der Waals surface area contributed by atoms with Crippen molar-refractivity contribution in [3.05, 3.63) is 30.4 Å². The van der Waals surface area contributed by atoms with Crippen LogP contribution in [0.15, 0.2) is 24.9 Å². The van der Waals surface area contributed by atoms with Gasteiger partial charge in [0, 0.05) is 37.1 Å². The van der Waals surface area contributed by atoms with Crippen molar-refractivity contribution >= 4 is 23.9 Å². The highest BCUT2D eigenvalue weighted by Crippen LogP contribution is 2.39. The van der Waals surface area contributed by atoms with E-state index in [1.54, 1.807) is 30.5 Å². The minimum atomic E-state index is -0.453. The first-order valence-corrected chi connectivity index (χ1v) is 9.00. The summed E-state index contributed by atoms with van der Waals surface area (Å²) in [6, 6.07) is -0.348. The van der Waals surface area contributed by atoms with Crippen molar-refractivity contribution in [3.8, 4) is 11.4 Å². The lowest BCUT2D eigenvalue weighted by Crippen LogP contribution is -2.38. The third kappa shape index (κ3) is 3.11. The Balaban J connectivity index is 1.88. The Bertz CT molecular complexity index is 903. The summed E-state index contributed by atoms with van der Waals surface area (Å²) in [5, 5.41) is 9.54. The summed E-state index contributed by atoms with van der Waals surface area (Å²) in [5.74, 6) is 1.96. The fourth-order valence-corrected chi connectivity index (χ4v) is 3.47. The van der Waals surface area contributed by atoms with Crippen LogP contribution in [0, 0.1) is 0 Å². The third-order valence-electron chi connectivity index (χ3n) is 4.88. The smallest absolute Gasteiger partial charge is 0.219 e. The molecule has 3 N–H and O–H groups in total. The van der Waals surface area contributed by atoms with Crippen LogP contribution in [0.3, 0.4) is 0 Å². The quantitative estimate of drug-likeness (QED) is 0.664. The van der Waals surface area contributed by atoms with E-state index in [4.69, 9.17) is 20.4 Å². The van der Waals surface area contributed by atoms with Crippen molar-refractivity contribution in [1.82, 2.24) is 19.9 Å². The predicted octanol–water partition coefficient (Wildman–Crippen LogP) is 0.134. The number of nitrogens with zero attached hydrogens (tertiary/aromatic N) is 6. The number of hydrogen-bond donors (Lipinski definition) is 2. The number of carbonyl (C=O) groups is 1. The maximum Gasteiger partial charge on any atom is 0.219 e. The molecular weight excluding hydrogens is 362 g/mol. The van der Waals surface area contributed by atoms with Crippen LogP contribution in [0.25, 0.3) is 11.4 Å². The zero-order valence-corrected chi connectivity index (χ0v) is 15.4. The fraction of sp³-hybridized carbons (Fsp3) is 0.389. The Morgan fingerprint density at radius 3 is 2.93 bits per heavy atom. The van der Waals surface area contributed by atoms with Crippen LogP contribution in [0.4, 0.5) is 17.6 Å². The molecular formula is C18H21N7O3. The number of aliphatic hydroxyl groups excluding tert-OH is 1. The van der Waals surface area contributed by atoms with Crippen LogP contribution in [0.2, 0.25) is 0 Å². The summed E-state index contributed by atoms with van der Waals surface area (Å²) in [6.07, 6.45) is 8.13. The molecule has 1 unspecified atom stereocenters. The predicted molar refractivity (Wildman–Crippen MR) is 102 cm³/mol. The number of nitrogen functional groups attached to an aromatic ring is 1. The molecule has 0 aromatic carbocycles. The topological polar surface area (TPSA) is 131 Å². The molecule has 4 rings (SSSR count). The van der Waals surface area contributed by atoms with Gasteiger partial charge in [0.2, 0.25) is 5.95 Å². The molecule has 10 heteroatoms. The molecule has 0 fully saturated rings. The van der Waals surface area contributed by atoms with Crippen molar-refractivity contribution in [1.29, 1.82) is 0 Å². The number of aliphatic hydroxyl groups is 1. The SMILES string of the molecule is CC(C=O)N(CCO)c1nc(-c2cnc(N)nc2)nc2c1C[C@@H]1COC=CN21. The zero-order chi connectivity index (χ0) is 19.7. The number of fused-ring (bicyclic) bond motifs is 3. The van der Waals surface area contributed by atoms with Crippen molar-refractivity contribution < 1.29 is 14.6 Å². The molecule has 0 saturated carbocycles. The summed E-state index contributed by atoms with van der Waals surface area (Å²) in [7, 11) is 0. The number of nitrogens with two attached hydrogens (primary N) is 1. The van der Waals surface area contributed by atoms with E-state index < -0.39 is 6.04 Å². The summed E-state index contributed by atoms with van der Waals surface area (Å²) >= 11 is 0. The van der Waals surface area contributed by atoms with Crippen LogP contribution < -0.4 is 15.5 Å². The standard InChI is InChI=1S/C18H21N7O3/c1-11(9-27)24(2-4-26)16-14-6-13-10-28-5-3-25(13)17(14)23-15(22-16)12-7-20-18(19)21-8-12/h3,5,7-9,11,13,26H,2,4,6,10H2,1H3,(H2,19,20,21)/t11?,13-/m1/s1. The van der Waals surface area contributed by atoms with E-state index in [1.165, 1.54) is 0 Å². The van der Waals surface area contributed by atoms with E-state index in [2.05, 4.69) is 9.97 Å². The first-order valence-electron chi connectivity index (χ1n) is 9.00. The first kappa shape index (κ1) is 18.1. The Hall–Kier alpha value is -3.27. The van der Waals surface area contributed by atoms with E-state index in [-0.39, 0.29) is 25.1 Å². The Morgan fingerprint density at radius 2 is 2.21 bits per heavy atom. The van der Waals surface area contributed by atoms with Gasteiger partial charge in [-0.15, -0.1) is 0 Å². The number of aldehydes is 1. The summed E-state index contributed by atoms with van der Waals surface area (Å²) < 4.78 is 5.45. The van der Waals surface area contributed by atoms with Gasteiger partial charge in [-0.1, -0.05) is 0 Å². The lowest BCUT2D eigenvalue weighted by molar-refractivity contribution is -0.108. The van der Waals surface area contributed by atoms with Crippen LogP contribution in [0.1, 0.15) is 12.5 Å². The Labute approximate surface area is 161 Å². The van der Waals surface area contributed by atoms with Gasteiger partial charge < -0.3 is 30.2 Å². The molecule has 0 bridgehead atoms. The molecule has 146 valence electrons. The summed E-state index contributed by atoms with van der Waals surface area (Å²) in [6.45, 7) is 2.48. The van der Waals surface area contributed by atoms with E-state index in [9.17, 15) is 9.90 Å². The van der Waals surface area contributed by atoms with Crippen molar-refractivity contribution in [2.75, 3.05) is 35.3 Å². The lowest BCUT2D eigenvalue weighted by atomic mass is 10.1. The molecule has 2 aromatic heterocycles. The van der Waals surface area contributed by atoms with Crippen molar-refractivity contribution in [2.24, 2.45) is 0 Å². The first-order chi connectivity index (χ1) is 13.6. The fourth-order valence-electron chi connectivity index (χ4n) is 3.47. The number of hydrogen-bond acceptors (Lipinski definition) is 10. The highest BCUT2D eigenvalue weighted by atomic mass is 16.5. The van der Waals surface area contributed by atoms with Gasteiger partial charge in [-0.3, -0.25) is 0 Å². The van der Waals surface area contributed by atoms with Crippen molar-refractivity contribution in [3.63, 3.8) is 0 Å². The second-order valence-corrected chi connectivity index (χ2v) is 6.68. The highest BCUT2D eigenvalue weighted by Gasteiger charge is 2.36. The third-order valence-corrected chi connectivity index (χ3v) is 4.88. The van der Waals surface area contributed by atoms with Gasteiger partial charge in [-0.05, 0) is 6.92 Å². The maximum absolute atomic E-state index is 11.5. The Morgan fingerprint density at radius 1 is 1.43 bits per heavy atom. The van der Waals surface area contributed by atoms with Gasteiger partial charge in [-0.25, -0.2) is 19.9 Å². The van der Waals surface area contributed by atoms with Gasteiger partial charge in [0.15, 0.2) is 5.82 Å². The molecule has 10 nitrogen and oxygen atoms in total. The van der Waals surface area contributed by atoms with Gasteiger partial charge >= 0.3 is 0 Å². The Kier molecular flexibility index (Phi) is 4.78. The number of rotatable bonds is 6. The lowest BCUT2D eigenvalue weighted by Gasteiger charge is -2.28. The second-order valence-electron chi connectivity index (χ2n) is 6.68. The highest BCUT2D eigenvalue weighted by molar-refractivity contribution is 5.74. The van der Waals surface area contributed by atoms with Gasteiger partial charge in [0.1, 0.15) is 24.5 Å². The molecule has 0 saturated heterocycles. The summed E-state index contributed by atoms with van der Waals surface area (Å²) in [4.78, 5) is 32.8. The van der Waals surface area contributed by atoms with E-state index >= 15 is 0 Å². The number of ether oxygens (including phenoxy) is 1. The minimum absolute atomic E-state index is 0.104. The zero-order valence-electron chi connectivity index (χ0n) is 15.4. The molecule has 0 amide bonds. The molecule has 0 aliphatic carbocycles. The van der Waals surface area contributed by atoms with Crippen LogP contribution in [-0.2, 0) is 16.0 Å². The van der Waals surface area contributed by atoms with Crippen LogP contribution >= 0.6 is 0 Å². The molecule has 28 heavy (non-hydrogen) atoms. The number of aromatic nitrogens is 4. The molecule has 2 aromatic rings. The van der Waals surface area contributed by atoms with E-state index in [0.717, 1.165) is 17.7 Å². The average Bonchev–Trinajstić information content (AvgIpc) is 3.10. The molecule has 4 heterocycles. The largest absolute Gasteiger partial charge is 0.497 e.